The Morgan fingerprint density at radius 2 is 1.63 bits per heavy atom. The Kier molecular flexibility index (Phi) is 5.68. The summed E-state index contributed by atoms with van der Waals surface area (Å²) in [6.07, 6.45) is 3.35. The number of nitrogens with one attached hydrogen (secondary N) is 2. The molecule has 0 unspecified atom stereocenters. The highest BCUT2D eigenvalue weighted by atomic mass is 16.1. The van der Waals surface area contributed by atoms with Crippen LogP contribution in [0, 0.1) is 0 Å². The molecule has 1 amide bonds. The van der Waals surface area contributed by atoms with Crippen molar-refractivity contribution < 1.29 is 4.79 Å². The lowest BCUT2D eigenvalue weighted by Crippen LogP contribution is -2.18. The third kappa shape index (κ3) is 3.99. The van der Waals surface area contributed by atoms with Gasteiger partial charge in [-0.15, -0.1) is 0 Å². The molecule has 0 atom stereocenters. The number of pyridine rings is 2. The van der Waals surface area contributed by atoms with Crippen LogP contribution >= 0.6 is 0 Å². The summed E-state index contributed by atoms with van der Waals surface area (Å²) in [6.45, 7) is 1.35. The molecule has 0 fully saturated rings. The molecule has 4 aromatic rings. The van der Waals surface area contributed by atoms with E-state index in [9.17, 15) is 4.79 Å². The molecule has 0 aliphatic heterocycles. The van der Waals surface area contributed by atoms with E-state index in [1.165, 1.54) is 0 Å². The molecule has 0 saturated heterocycles. The first-order valence-corrected chi connectivity index (χ1v) is 9.81. The topological polar surface area (TPSA) is 92.9 Å². The van der Waals surface area contributed by atoms with Gasteiger partial charge in [0.15, 0.2) is 0 Å². The second kappa shape index (κ2) is 8.71. The molecule has 0 aliphatic rings. The van der Waals surface area contributed by atoms with E-state index >= 15 is 0 Å². The second-order valence-electron chi connectivity index (χ2n) is 6.90. The minimum absolute atomic E-state index is 0.156. The van der Waals surface area contributed by atoms with Crippen LogP contribution in [-0.2, 0) is 0 Å². The molecule has 6 nitrogen and oxygen atoms in total. The Bertz CT molecular complexity index is 1170. The van der Waals surface area contributed by atoms with Crippen LogP contribution in [0.4, 0.5) is 5.69 Å². The van der Waals surface area contributed by atoms with E-state index in [4.69, 9.17) is 10.7 Å². The van der Waals surface area contributed by atoms with Crippen molar-refractivity contribution in [1.82, 2.24) is 15.3 Å². The van der Waals surface area contributed by atoms with Gasteiger partial charge in [0.2, 0.25) is 0 Å². The van der Waals surface area contributed by atoms with Crippen molar-refractivity contribution in [2.75, 3.05) is 25.5 Å². The normalized spacial score (nSPS) is 10.7. The SMILES string of the molecule is CNC(=O)c1cc(-c2ccc(-c3ccc(NCCN)cc3)cc2)nc2ccncc12. The maximum Gasteiger partial charge on any atom is 0.251 e. The van der Waals surface area contributed by atoms with Gasteiger partial charge in [-0.05, 0) is 35.4 Å². The molecule has 2 aromatic heterocycles. The molecule has 0 spiro atoms. The second-order valence-corrected chi connectivity index (χ2v) is 6.90. The summed E-state index contributed by atoms with van der Waals surface area (Å²) >= 11 is 0. The lowest BCUT2D eigenvalue weighted by atomic mass is 10.0. The van der Waals surface area contributed by atoms with Gasteiger partial charge in [-0.25, -0.2) is 4.98 Å². The summed E-state index contributed by atoms with van der Waals surface area (Å²) in [5, 5.41) is 6.70. The fourth-order valence-corrected chi connectivity index (χ4v) is 3.37. The van der Waals surface area contributed by atoms with Crippen LogP contribution in [0.5, 0.6) is 0 Å². The molecule has 0 radical (unpaired) electrons. The number of nitrogens with zero attached hydrogens (tertiary/aromatic N) is 2. The summed E-state index contributed by atoms with van der Waals surface area (Å²) in [5.74, 6) is -0.156. The molecule has 0 aliphatic carbocycles. The zero-order valence-corrected chi connectivity index (χ0v) is 16.7. The van der Waals surface area contributed by atoms with Gasteiger partial charge in [-0.3, -0.25) is 9.78 Å². The minimum Gasteiger partial charge on any atom is -0.384 e. The number of hydrogen-bond acceptors (Lipinski definition) is 5. The number of amides is 1. The van der Waals surface area contributed by atoms with Crippen molar-refractivity contribution in [3.05, 3.63) is 78.6 Å². The van der Waals surface area contributed by atoms with Gasteiger partial charge in [0.25, 0.3) is 5.91 Å². The van der Waals surface area contributed by atoms with Gasteiger partial charge in [0.1, 0.15) is 0 Å². The van der Waals surface area contributed by atoms with Gasteiger partial charge in [-0.2, -0.15) is 0 Å². The van der Waals surface area contributed by atoms with Crippen molar-refractivity contribution in [2.24, 2.45) is 5.73 Å². The predicted molar refractivity (Wildman–Crippen MR) is 121 cm³/mol. The Labute approximate surface area is 175 Å². The zero-order chi connectivity index (χ0) is 20.9. The number of fused-ring (bicyclic) bond motifs is 1. The minimum atomic E-state index is -0.156. The maximum absolute atomic E-state index is 12.4. The van der Waals surface area contributed by atoms with E-state index in [0.717, 1.165) is 45.5 Å². The monoisotopic (exact) mass is 397 g/mol. The number of benzene rings is 2. The van der Waals surface area contributed by atoms with E-state index in [0.29, 0.717) is 12.1 Å². The van der Waals surface area contributed by atoms with Crippen LogP contribution in [0.3, 0.4) is 0 Å². The highest BCUT2D eigenvalue weighted by Crippen LogP contribution is 2.27. The third-order valence-corrected chi connectivity index (χ3v) is 4.95. The molecule has 150 valence electrons. The van der Waals surface area contributed by atoms with Crippen LogP contribution in [-0.4, -0.2) is 36.0 Å². The highest BCUT2D eigenvalue weighted by molar-refractivity contribution is 6.06. The number of nitrogens with two attached hydrogens (primary N) is 1. The van der Waals surface area contributed by atoms with Gasteiger partial charge < -0.3 is 16.4 Å². The highest BCUT2D eigenvalue weighted by Gasteiger charge is 2.13. The van der Waals surface area contributed by atoms with Crippen LogP contribution < -0.4 is 16.4 Å². The predicted octanol–water partition coefficient (Wildman–Crippen LogP) is 3.69. The van der Waals surface area contributed by atoms with Crippen LogP contribution in [0.25, 0.3) is 33.3 Å². The van der Waals surface area contributed by atoms with Crippen molar-refractivity contribution in [3.63, 3.8) is 0 Å². The van der Waals surface area contributed by atoms with Crippen molar-refractivity contribution in [1.29, 1.82) is 0 Å². The molecule has 4 N–H and O–H groups in total. The van der Waals surface area contributed by atoms with E-state index in [1.807, 2.05) is 36.4 Å². The zero-order valence-electron chi connectivity index (χ0n) is 16.7. The first-order valence-electron chi connectivity index (χ1n) is 9.81. The van der Waals surface area contributed by atoms with E-state index in [2.05, 4.69) is 39.9 Å². The smallest absolute Gasteiger partial charge is 0.251 e. The summed E-state index contributed by atoms with van der Waals surface area (Å²) in [7, 11) is 1.62. The Morgan fingerprint density at radius 1 is 0.967 bits per heavy atom. The Hall–Kier alpha value is -3.77. The number of carbonyl (C=O) groups is 1. The standard InChI is InChI=1S/C24H23N5O/c1-26-24(30)20-14-23(29-22-10-12-27-15-21(20)22)18-4-2-16(3-5-18)17-6-8-19(9-7-17)28-13-11-25/h2-10,12,14-15,28H,11,13,25H2,1H3,(H,26,30). The number of hydrogen-bond donors (Lipinski definition) is 3. The van der Waals surface area contributed by atoms with Crippen molar-refractivity contribution in [3.8, 4) is 22.4 Å². The summed E-state index contributed by atoms with van der Waals surface area (Å²) in [4.78, 5) is 21.2. The molecular weight excluding hydrogens is 374 g/mol. The molecular formula is C24H23N5O. The number of anilines is 1. The summed E-state index contributed by atoms with van der Waals surface area (Å²) < 4.78 is 0. The fraction of sp³-hybridized carbons (Fsp3) is 0.125. The van der Waals surface area contributed by atoms with E-state index in [-0.39, 0.29) is 5.91 Å². The molecule has 2 heterocycles. The fourth-order valence-electron chi connectivity index (χ4n) is 3.37. The van der Waals surface area contributed by atoms with Crippen LogP contribution in [0.2, 0.25) is 0 Å². The quantitative estimate of drug-likeness (QED) is 0.461. The summed E-state index contributed by atoms with van der Waals surface area (Å²) in [6, 6.07) is 20.1. The molecule has 2 aromatic carbocycles. The maximum atomic E-state index is 12.4. The number of rotatable bonds is 6. The van der Waals surface area contributed by atoms with Crippen LogP contribution in [0.1, 0.15) is 10.4 Å². The molecule has 30 heavy (non-hydrogen) atoms. The average Bonchev–Trinajstić information content (AvgIpc) is 2.82. The molecule has 6 heteroatoms. The van der Waals surface area contributed by atoms with Gasteiger partial charge in [-0.1, -0.05) is 36.4 Å². The Morgan fingerprint density at radius 3 is 2.30 bits per heavy atom. The lowest BCUT2D eigenvalue weighted by Gasteiger charge is -2.10. The first kappa shape index (κ1) is 19.5. The third-order valence-electron chi connectivity index (χ3n) is 4.95. The molecule has 4 rings (SSSR count). The largest absolute Gasteiger partial charge is 0.384 e. The van der Waals surface area contributed by atoms with Gasteiger partial charge >= 0.3 is 0 Å². The number of aromatic nitrogens is 2. The first-order chi connectivity index (χ1) is 14.7. The van der Waals surface area contributed by atoms with Crippen molar-refractivity contribution in [2.45, 2.75) is 0 Å². The van der Waals surface area contributed by atoms with Crippen LogP contribution in [0.15, 0.2) is 73.1 Å². The van der Waals surface area contributed by atoms with Crippen molar-refractivity contribution >= 4 is 22.5 Å². The van der Waals surface area contributed by atoms with E-state index in [1.54, 1.807) is 19.4 Å². The average molecular weight is 397 g/mol. The van der Waals surface area contributed by atoms with Gasteiger partial charge in [0, 0.05) is 49.2 Å². The summed E-state index contributed by atoms with van der Waals surface area (Å²) in [5.41, 5.74) is 11.8. The molecule has 0 saturated carbocycles. The Balaban J connectivity index is 1.66. The molecule has 0 bridgehead atoms. The van der Waals surface area contributed by atoms with Gasteiger partial charge in [0.05, 0.1) is 16.8 Å². The number of carbonyl (C=O) groups excluding carboxylic acids is 1. The lowest BCUT2D eigenvalue weighted by molar-refractivity contribution is 0.0964. The van der Waals surface area contributed by atoms with E-state index < -0.39 is 0 Å².